The largest absolute Gasteiger partial charge is 0.476 e. The van der Waals surface area contributed by atoms with E-state index in [1.165, 1.54) is 12.4 Å². The Bertz CT molecular complexity index is 405. The Morgan fingerprint density at radius 3 is 2.53 bits per heavy atom. The number of aromatic carboxylic acids is 1. The summed E-state index contributed by atoms with van der Waals surface area (Å²) in [6, 6.07) is 0. The summed E-state index contributed by atoms with van der Waals surface area (Å²) in [5.41, 5.74) is -0.121. The molecule has 7 heteroatoms. The molecular weight excluding hydrogens is 224 g/mol. The third-order valence-corrected chi connectivity index (χ3v) is 2.18. The number of hydrogen-bond donors (Lipinski definition) is 2. The van der Waals surface area contributed by atoms with Crippen LogP contribution >= 0.6 is 0 Å². The molecule has 0 atom stereocenters. The van der Waals surface area contributed by atoms with Gasteiger partial charge in [-0.25, -0.2) is 14.8 Å². The van der Waals surface area contributed by atoms with E-state index in [9.17, 15) is 9.59 Å². The summed E-state index contributed by atoms with van der Waals surface area (Å²) in [7, 11) is 1.55. The van der Waals surface area contributed by atoms with Crippen LogP contribution in [0.15, 0.2) is 12.4 Å². The second-order valence-electron chi connectivity index (χ2n) is 3.25. The quantitative estimate of drug-likeness (QED) is 0.734. The molecule has 0 aliphatic heterocycles. The van der Waals surface area contributed by atoms with Crippen LogP contribution in [0.4, 0.5) is 5.82 Å². The predicted molar refractivity (Wildman–Crippen MR) is 60.9 cm³/mol. The van der Waals surface area contributed by atoms with Gasteiger partial charge in [0.1, 0.15) is 5.82 Å². The first-order valence-electron chi connectivity index (χ1n) is 5.09. The lowest BCUT2D eigenvalue weighted by atomic mass is 10.4. The van der Waals surface area contributed by atoms with E-state index in [0.717, 1.165) is 0 Å². The van der Waals surface area contributed by atoms with Crippen LogP contribution in [0, 0.1) is 0 Å². The van der Waals surface area contributed by atoms with Crippen molar-refractivity contribution in [3.05, 3.63) is 18.1 Å². The summed E-state index contributed by atoms with van der Waals surface area (Å²) in [6.07, 6.45) is 2.51. The van der Waals surface area contributed by atoms with Crippen molar-refractivity contribution < 1.29 is 14.7 Å². The number of carbonyl (C=O) groups excluding carboxylic acids is 1. The van der Waals surface area contributed by atoms with Gasteiger partial charge in [-0.1, -0.05) is 0 Å². The Kier molecular flexibility index (Phi) is 4.38. The molecule has 0 aliphatic rings. The van der Waals surface area contributed by atoms with Crippen LogP contribution in [0.2, 0.25) is 0 Å². The normalized spacial score (nSPS) is 9.76. The zero-order valence-electron chi connectivity index (χ0n) is 9.67. The van der Waals surface area contributed by atoms with Gasteiger partial charge in [0.05, 0.1) is 18.9 Å². The minimum absolute atomic E-state index is 0.121. The molecule has 2 N–H and O–H groups in total. The molecule has 0 unspecified atom stereocenters. The monoisotopic (exact) mass is 238 g/mol. The van der Waals surface area contributed by atoms with Crippen LogP contribution in [0.3, 0.4) is 0 Å². The molecule has 1 aromatic heterocycles. The average Bonchev–Trinajstić information content (AvgIpc) is 2.35. The molecule has 0 saturated heterocycles. The maximum Gasteiger partial charge on any atom is 0.356 e. The molecule has 0 aromatic carbocycles. The zero-order valence-corrected chi connectivity index (χ0v) is 9.67. The Hall–Kier alpha value is -2.18. The second kappa shape index (κ2) is 5.78. The number of rotatable bonds is 5. The van der Waals surface area contributed by atoms with Crippen molar-refractivity contribution in [2.45, 2.75) is 6.92 Å². The number of amides is 1. The van der Waals surface area contributed by atoms with Gasteiger partial charge in [0.15, 0.2) is 5.69 Å². The molecular formula is C10H14N4O3. The van der Waals surface area contributed by atoms with Gasteiger partial charge in [0.2, 0.25) is 5.91 Å². The highest BCUT2D eigenvalue weighted by atomic mass is 16.4. The molecule has 0 aliphatic carbocycles. The topological polar surface area (TPSA) is 95.4 Å². The zero-order chi connectivity index (χ0) is 12.8. The molecule has 1 rings (SSSR count). The van der Waals surface area contributed by atoms with Crippen LogP contribution < -0.4 is 10.2 Å². The summed E-state index contributed by atoms with van der Waals surface area (Å²) in [4.78, 5) is 31.2. The molecule has 92 valence electrons. The van der Waals surface area contributed by atoms with Crippen molar-refractivity contribution in [3.8, 4) is 0 Å². The Balaban J connectivity index is 2.82. The van der Waals surface area contributed by atoms with Crippen molar-refractivity contribution in [1.82, 2.24) is 15.3 Å². The molecule has 0 bridgehead atoms. The lowest BCUT2D eigenvalue weighted by Crippen LogP contribution is -2.36. The van der Waals surface area contributed by atoms with E-state index in [1.54, 1.807) is 11.9 Å². The molecule has 7 nitrogen and oxygen atoms in total. The molecule has 17 heavy (non-hydrogen) atoms. The fraction of sp³-hybridized carbons (Fsp3) is 0.400. The van der Waals surface area contributed by atoms with Gasteiger partial charge in [-0.05, 0) is 6.92 Å². The number of hydrogen-bond acceptors (Lipinski definition) is 5. The van der Waals surface area contributed by atoms with Gasteiger partial charge >= 0.3 is 5.97 Å². The molecule has 0 radical (unpaired) electrons. The third kappa shape index (κ3) is 3.40. The van der Waals surface area contributed by atoms with E-state index >= 15 is 0 Å². The number of likely N-dealkylation sites (N-methyl/N-ethyl adjacent to an activating group) is 2. The highest BCUT2D eigenvalue weighted by Gasteiger charge is 2.11. The summed E-state index contributed by atoms with van der Waals surface area (Å²) in [5, 5.41) is 11.2. The van der Waals surface area contributed by atoms with E-state index in [0.29, 0.717) is 12.4 Å². The summed E-state index contributed by atoms with van der Waals surface area (Å²) in [6.45, 7) is 2.61. The Morgan fingerprint density at radius 2 is 2.12 bits per heavy atom. The van der Waals surface area contributed by atoms with Crippen LogP contribution in [0.5, 0.6) is 0 Å². The molecule has 0 fully saturated rings. The maximum atomic E-state index is 11.2. The van der Waals surface area contributed by atoms with Gasteiger partial charge in [0, 0.05) is 13.6 Å². The van der Waals surface area contributed by atoms with Crippen LogP contribution in [0.25, 0.3) is 0 Å². The minimum atomic E-state index is -1.13. The Labute approximate surface area is 98.5 Å². The number of nitrogens with one attached hydrogen (secondary N) is 1. The minimum Gasteiger partial charge on any atom is -0.476 e. The van der Waals surface area contributed by atoms with Gasteiger partial charge in [-0.3, -0.25) is 4.79 Å². The first-order valence-corrected chi connectivity index (χ1v) is 5.09. The van der Waals surface area contributed by atoms with Crippen molar-refractivity contribution in [1.29, 1.82) is 0 Å². The molecule has 1 heterocycles. The lowest BCUT2D eigenvalue weighted by Gasteiger charge is -2.20. The number of nitrogens with zero attached hydrogens (tertiary/aromatic N) is 3. The van der Waals surface area contributed by atoms with E-state index < -0.39 is 5.97 Å². The first-order chi connectivity index (χ1) is 8.08. The number of aromatic nitrogens is 2. The summed E-state index contributed by atoms with van der Waals surface area (Å²) >= 11 is 0. The van der Waals surface area contributed by atoms with E-state index in [2.05, 4.69) is 15.3 Å². The van der Waals surface area contributed by atoms with Gasteiger partial charge in [0.25, 0.3) is 0 Å². The van der Waals surface area contributed by atoms with Gasteiger partial charge in [-0.2, -0.15) is 0 Å². The standard InChI is InChI=1S/C10H14N4O3/c1-3-14(6-9(15)11-2)8-5-12-7(4-13-8)10(16)17/h4-5H,3,6H2,1-2H3,(H,11,15)(H,16,17). The highest BCUT2D eigenvalue weighted by molar-refractivity contribution is 5.85. The average molecular weight is 238 g/mol. The van der Waals surface area contributed by atoms with Crippen molar-refractivity contribution >= 4 is 17.7 Å². The fourth-order valence-electron chi connectivity index (χ4n) is 1.20. The highest BCUT2D eigenvalue weighted by Crippen LogP contribution is 2.08. The van der Waals surface area contributed by atoms with Crippen molar-refractivity contribution in [2.24, 2.45) is 0 Å². The smallest absolute Gasteiger partial charge is 0.356 e. The van der Waals surface area contributed by atoms with Crippen LogP contribution in [-0.2, 0) is 4.79 Å². The van der Waals surface area contributed by atoms with E-state index in [4.69, 9.17) is 5.11 Å². The van der Waals surface area contributed by atoms with Crippen LogP contribution in [-0.4, -0.2) is 47.1 Å². The summed E-state index contributed by atoms with van der Waals surface area (Å²) < 4.78 is 0. The maximum absolute atomic E-state index is 11.2. The van der Waals surface area contributed by atoms with Crippen molar-refractivity contribution in [2.75, 3.05) is 25.0 Å². The molecule has 0 spiro atoms. The molecule has 1 aromatic rings. The predicted octanol–water partition coefficient (Wildman–Crippen LogP) is -0.253. The number of carbonyl (C=O) groups is 2. The number of carboxylic acids is 1. The molecule has 1 amide bonds. The third-order valence-electron chi connectivity index (χ3n) is 2.18. The lowest BCUT2D eigenvalue weighted by molar-refractivity contribution is -0.119. The van der Waals surface area contributed by atoms with Gasteiger partial charge in [-0.15, -0.1) is 0 Å². The van der Waals surface area contributed by atoms with Crippen molar-refractivity contribution in [3.63, 3.8) is 0 Å². The summed E-state index contributed by atoms with van der Waals surface area (Å²) in [5.74, 6) is -0.796. The second-order valence-corrected chi connectivity index (χ2v) is 3.25. The van der Waals surface area contributed by atoms with E-state index in [1.807, 2.05) is 6.92 Å². The SMILES string of the molecule is CCN(CC(=O)NC)c1cnc(C(=O)O)cn1. The fourth-order valence-corrected chi connectivity index (χ4v) is 1.20. The Morgan fingerprint density at radius 1 is 1.41 bits per heavy atom. The molecule has 0 saturated carbocycles. The number of anilines is 1. The van der Waals surface area contributed by atoms with Crippen LogP contribution in [0.1, 0.15) is 17.4 Å². The van der Waals surface area contributed by atoms with Gasteiger partial charge < -0.3 is 15.3 Å². The van der Waals surface area contributed by atoms with E-state index in [-0.39, 0.29) is 18.1 Å². The first kappa shape index (κ1) is 12.9. The number of carboxylic acid groups (broad SMARTS) is 1.